The second kappa shape index (κ2) is 7.47. The highest BCUT2D eigenvalue weighted by molar-refractivity contribution is 6.06. The van der Waals surface area contributed by atoms with Gasteiger partial charge >= 0.3 is 5.97 Å². The second-order valence-electron chi connectivity index (χ2n) is 6.57. The number of carbonyl (C=O) groups is 2. The smallest absolute Gasteiger partial charge is 0.335 e. The molecule has 0 aliphatic rings. The van der Waals surface area contributed by atoms with Gasteiger partial charge in [-0.3, -0.25) is 4.79 Å². The Morgan fingerprint density at radius 3 is 2.00 bits per heavy atom. The van der Waals surface area contributed by atoms with E-state index in [1.165, 1.54) is 12.1 Å². The predicted octanol–water partition coefficient (Wildman–Crippen LogP) is 5.02. The number of nitrogens with one attached hydrogen (secondary N) is 1. The average molecular weight is 343 g/mol. The van der Waals surface area contributed by atoms with E-state index >= 15 is 0 Å². The maximum atomic E-state index is 14.2. The summed E-state index contributed by atoms with van der Waals surface area (Å²) in [6.07, 6.45) is 0. The van der Waals surface area contributed by atoms with Crippen molar-refractivity contribution in [1.29, 1.82) is 0 Å². The molecule has 132 valence electrons. The summed E-state index contributed by atoms with van der Waals surface area (Å²) in [7, 11) is 0. The van der Waals surface area contributed by atoms with E-state index in [1.807, 2.05) is 45.9 Å². The molecule has 1 amide bonds. The van der Waals surface area contributed by atoms with Crippen molar-refractivity contribution in [3.8, 4) is 0 Å². The van der Waals surface area contributed by atoms with Crippen LogP contribution in [0.4, 0.5) is 10.1 Å². The summed E-state index contributed by atoms with van der Waals surface area (Å²) in [6, 6.07) is 9.10. The summed E-state index contributed by atoms with van der Waals surface area (Å²) in [5.74, 6) is -2.31. The molecule has 0 heterocycles. The summed E-state index contributed by atoms with van der Waals surface area (Å²) in [5, 5.41) is 11.7. The number of carboxylic acids is 1. The molecule has 5 heteroatoms. The third-order valence-electron chi connectivity index (χ3n) is 4.07. The quantitative estimate of drug-likeness (QED) is 0.801. The first-order valence-electron chi connectivity index (χ1n) is 8.19. The molecule has 0 aromatic heterocycles. The SMILES string of the molecule is CC(C)c1cccc(C(C)C)c1NC(=O)c1ccc(C(=O)O)cc1F. The number of benzene rings is 2. The van der Waals surface area contributed by atoms with Crippen LogP contribution in [-0.2, 0) is 0 Å². The lowest BCUT2D eigenvalue weighted by Crippen LogP contribution is -2.17. The Balaban J connectivity index is 2.43. The zero-order valence-electron chi connectivity index (χ0n) is 14.8. The molecule has 4 nitrogen and oxygen atoms in total. The van der Waals surface area contributed by atoms with Gasteiger partial charge in [-0.05, 0) is 41.2 Å². The van der Waals surface area contributed by atoms with Crippen molar-refractivity contribution in [3.05, 3.63) is 64.5 Å². The monoisotopic (exact) mass is 343 g/mol. The van der Waals surface area contributed by atoms with Crippen LogP contribution >= 0.6 is 0 Å². The molecule has 2 aromatic carbocycles. The van der Waals surface area contributed by atoms with Gasteiger partial charge in [-0.2, -0.15) is 0 Å². The van der Waals surface area contributed by atoms with Gasteiger partial charge in [-0.15, -0.1) is 0 Å². The largest absolute Gasteiger partial charge is 0.478 e. The van der Waals surface area contributed by atoms with Gasteiger partial charge in [0.1, 0.15) is 5.82 Å². The van der Waals surface area contributed by atoms with E-state index in [-0.39, 0.29) is 23.0 Å². The lowest BCUT2D eigenvalue weighted by Gasteiger charge is -2.20. The summed E-state index contributed by atoms with van der Waals surface area (Å²) in [4.78, 5) is 23.5. The molecule has 2 N–H and O–H groups in total. The predicted molar refractivity (Wildman–Crippen MR) is 95.9 cm³/mol. The number of carbonyl (C=O) groups excluding carboxylic acids is 1. The van der Waals surface area contributed by atoms with Crippen molar-refractivity contribution < 1.29 is 19.1 Å². The van der Waals surface area contributed by atoms with Gasteiger partial charge in [0.25, 0.3) is 5.91 Å². The molecule has 2 aromatic rings. The zero-order valence-corrected chi connectivity index (χ0v) is 14.8. The highest BCUT2D eigenvalue weighted by Crippen LogP contribution is 2.32. The summed E-state index contributed by atoms with van der Waals surface area (Å²) in [6.45, 7) is 8.10. The topological polar surface area (TPSA) is 66.4 Å². The van der Waals surface area contributed by atoms with Crippen molar-refractivity contribution >= 4 is 17.6 Å². The van der Waals surface area contributed by atoms with Crippen LogP contribution in [0.1, 0.15) is 71.4 Å². The summed E-state index contributed by atoms with van der Waals surface area (Å²) in [5.41, 5.74) is 2.27. The van der Waals surface area contributed by atoms with Gasteiger partial charge in [-0.25, -0.2) is 9.18 Å². The minimum atomic E-state index is -1.24. The number of hydrogen-bond acceptors (Lipinski definition) is 2. The van der Waals surface area contributed by atoms with Crippen LogP contribution in [0.5, 0.6) is 0 Å². The van der Waals surface area contributed by atoms with Crippen LogP contribution in [0.2, 0.25) is 0 Å². The van der Waals surface area contributed by atoms with Crippen LogP contribution in [-0.4, -0.2) is 17.0 Å². The van der Waals surface area contributed by atoms with Crippen molar-refractivity contribution in [2.75, 3.05) is 5.32 Å². The summed E-state index contributed by atoms with van der Waals surface area (Å²) >= 11 is 0. The number of anilines is 1. The Kier molecular flexibility index (Phi) is 5.57. The van der Waals surface area contributed by atoms with Gasteiger partial charge in [-0.1, -0.05) is 45.9 Å². The highest BCUT2D eigenvalue weighted by Gasteiger charge is 2.19. The molecule has 0 aliphatic heterocycles. The molecule has 0 fully saturated rings. The Hall–Kier alpha value is -2.69. The molecule has 0 radical (unpaired) electrons. The van der Waals surface area contributed by atoms with E-state index in [0.29, 0.717) is 5.69 Å². The first-order chi connectivity index (χ1) is 11.7. The van der Waals surface area contributed by atoms with Gasteiger partial charge in [0.2, 0.25) is 0 Å². The van der Waals surface area contributed by atoms with Crippen molar-refractivity contribution in [2.45, 2.75) is 39.5 Å². The number of aromatic carboxylic acids is 1. The molecule has 0 atom stereocenters. The van der Waals surface area contributed by atoms with E-state index in [4.69, 9.17) is 5.11 Å². The van der Waals surface area contributed by atoms with Crippen LogP contribution in [0.15, 0.2) is 36.4 Å². The fourth-order valence-corrected chi connectivity index (χ4v) is 2.71. The molecule has 25 heavy (non-hydrogen) atoms. The molecule has 0 saturated carbocycles. The molecular weight excluding hydrogens is 321 g/mol. The molecule has 0 unspecified atom stereocenters. The number of rotatable bonds is 5. The highest BCUT2D eigenvalue weighted by atomic mass is 19.1. The molecule has 2 rings (SSSR count). The molecular formula is C20H22FNO3. The van der Waals surface area contributed by atoms with Crippen LogP contribution in [0.25, 0.3) is 0 Å². The average Bonchev–Trinajstić information content (AvgIpc) is 2.54. The molecule has 0 bridgehead atoms. The minimum Gasteiger partial charge on any atom is -0.478 e. The number of para-hydroxylation sites is 1. The normalized spacial score (nSPS) is 11.0. The Morgan fingerprint density at radius 1 is 1.00 bits per heavy atom. The standard InChI is InChI=1S/C20H22FNO3/c1-11(2)14-6-5-7-15(12(3)4)18(14)22-19(23)16-9-8-13(20(24)25)10-17(16)21/h5-12H,1-4H3,(H,22,23)(H,24,25). The van der Waals surface area contributed by atoms with Crippen molar-refractivity contribution in [3.63, 3.8) is 0 Å². The van der Waals surface area contributed by atoms with Crippen LogP contribution in [0, 0.1) is 5.82 Å². The maximum Gasteiger partial charge on any atom is 0.335 e. The Labute approximate surface area is 146 Å². The number of carboxylic acid groups (broad SMARTS) is 1. The fraction of sp³-hybridized carbons (Fsp3) is 0.300. The number of halogens is 1. The van der Waals surface area contributed by atoms with Gasteiger partial charge < -0.3 is 10.4 Å². The molecule has 0 spiro atoms. The van der Waals surface area contributed by atoms with Crippen molar-refractivity contribution in [2.24, 2.45) is 0 Å². The lowest BCUT2D eigenvalue weighted by molar-refractivity contribution is 0.0695. The van der Waals surface area contributed by atoms with Crippen molar-refractivity contribution in [1.82, 2.24) is 0 Å². The van der Waals surface area contributed by atoms with Gasteiger partial charge in [0.15, 0.2) is 0 Å². The number of amides is 1. The number of hydrogen-bond donors (Lipinski definition) is 2. The fourth-order valence-electron chi connectivity index (χ4n) is 2.71. The Bertz CT molecular complexity index is 786. The first-order valence-corrected chi connectivity index (χ1v) is 8.19. The Morgan fingerprint density at radius 2 is 1.56 bits per heavy atom. The van der Waals surface area contributed by atoms with Gasteiger partial charge in [0, 0.05) is 5.69 Å². The molecule has 0 aliphatic carbocycles. The molecule has 0 saturated heterocycles. The zero-order chi connectivity index (χ0) is 18.7. The second-order valence-corrected chi connectivity index (χ2v) is 6.57. The van der Waals surface area contributed by atoms with Crippen LogP contribution in [0.3, 0.4) is 0 Å². The maximum absolute atomic E-state index is 14.2. The third kappa shape index (κ3) is 4.05. The van der Waals surface area contributed by atoms with Gasteiger partial charge in [0.05, 0.1) is 11.1 Å². The first kappa shape index (κ1) is 18.6. The minimum absolute atomic E-state index is 0.182. The summed E-state index contributed by atoms with van der Waals surface area (Å²) < 4.78 is 14.2. The van der Waals surface area contributed by atoms with E-state index in [2.05, 4.69) is 5.32 Å². The van der Waals surface area contributed by atoms with E-state index in [9.17, 15) is 14.0 Å². The van der Waals surface area contributed by atoms with E-state index in [0.717, 1.165) is 17.2 Å². The van der Waals surface area contributed by atoms with Crippen LogP contribution < -0.4 is 5.32 Å². The van der Waals surface area contributed by atoms with E-state index < -0.39 is 17.7 Å². The lowest BCUT2D eigenvalue weighted by atomic mass is 9.92. The van der Waals surface area contributed by atoms with E-state index in [1.54, 1.807) is 0 Å². The third-order valence-corrected chi connectivity index (χ3v) is 4.07.